The molecule has 0 aliphatic carbocycles. The highest BCUT2D eigenvalue weighted by molar-refractivity contribution is 6.19. The van der Waals surface area contributed by atoms with Crippen molar-refractivity contribution in [2.24, 2.45) is 4.99 Å². The second kappa shape index (κ2) is 8.16. The number of amidine groups is 1. The Morgan fingerprint density at radius 2 is 1.78 bits per heavy atom. The molecule has 0 spiro atoms. The number of urea groups is 1. The number of benzene rings is 1. The van der Waals surface area contributed by atoms with Crippen LogP contribution in [0.5, 0.6) is 0 Å². The fourth-order valence-corrected chi connectivity index (χ4v) is 5.01. The van der Waals surface area contributed by atoms with Gasteiger partial charge >= 0.3 is 12.0 Å². The van der Waals surface area contributed by atoms with Crippen molar-refractivity contribution in [2.45, 2.75) is 45.6 Å². The third kappa shape index (κ3) is 3.33. The van der Waals surface area contributed by atoms with E-state index in [1.54, 1.807) is 7.05 Å². The van der Waals surface area contributed by atoms with E-state index in [2.05, 4.69) is 40.7 Å². The SMILES string of the molecule is CCc1ccc(-n2c(C)c[n+]3c2N=C2C3C(=O)N(CCN3CCCCC3)C(=O)N2C)cc1. The van der Waals surface area contributed by atoms with Gasteiger partial charge in [0.1, 0.15) is 17.6 Å². The monoisotopic (exact) mass is 435 g/mol. The maximum atomic E-state index is 13.5. The zero-order valence-corrected chi connectivity index (χ0v) is 19.1. The van der Waals surface area contributed by atoms with Crippen molar-refractivity contribution in [3.8, 4) is 5.69 Å². The van der Waals surface area contributed by atoms with Crippen LogP contribution in [0.25, 0.3) is 5.69 Å². The van der Waals surface area contributed by atoms with Crippen LogP contribution in [0.4, 0.5) is 10.7 Å². The third-order valence-corrected chi connectivity index (χ3v) is 6.90. The summed E-state index contributed by atoms with van der Waals surface area (Å²) in [4.78, 5) is 36.6. The molecule has 5 rings (SSSR count). The zero-order valence-electron chi connectivity index (χ0n) is 19.1. The molecule has 1 aromatic heterocycles. The predicted molar refractivity (Wildman–Crippen MR) is 121 cm³/mol. The van der Waals surface area contributed by atoms with E-state index in [0.29, 0.717) is 18.3 Å². The Hall–Kier alpha value is -3.00. The molecule has 168 valence electrons. The summed E-state index contributed by atoms with van der Waals surface area (Å²) in [5.74, 6) is 0.992. The van der Waals surface area contributed by atoms with Crippen molar-refractivity contribution >= 4 is 23.7 Å². The Bertz CT molecular complexity index is 1080. The number of fused-ring (bicyclic) bond motifs is 3. The summed E-state index contributed by atoms with van der Waals surface area (Å²) in [6.45, 7) is 7.38. The molecule has 3 aliphatic rings. The standard InChI is InChI=1S/C24H31N6O2/c1-4-18-8-10-19(11-9-18)30-17(2)16-29-20-21(25-23(29)30)26(3)24(32)28(22(20)31)15-14-27-12-6-5-7-13-27/h8-11,16,20H,4-7,12-15H2,1-3H3/q+1. The number of carbonyl (C=O) groups excluding carboxylic acids is 2. The van der Waals surface area contributed by atoms with Crippen LogP contribution in [0.2, 0.25) is 0 Å². The summed E-state index contributed by atoms with van der Waals surface area (Å²) >= 11 is 0. The van der Waals surface area contributed by atoms with Gasteiger partial charge < -0.3 is 4.90 Å². The van der Waals surface area contributed by atoms with E-state index < -0.39 is 6.04 Å². The lowest BCUT2D eigenvalue weighted by Crippen LogP contribution is -2.63. The number of aryl methyl sites for hydroxylation is 2. The first-order valence-corrected chi connectivity index (χ1v) is 11.6. The van der Waals surface area contributed by atoms with Crippen molar-refractivity contribution in [1.82, 2.24) is 19.3 Å². The van der Waals surface area contributed by atoms with E-state index in [0.717, 1.165) is 37.4 Å². The minimum atomic E-state index is -0.594. The van der Waals surface area contributed by atoms with Gasteiger partial charge in [-0.2, -0.15) is 4.57 Å². The second-order valence-electron chi connectivity index (χ2n) is 8.94. The lowest BCUT2D eigenvalue weighted by molar-refractivity contribution is -0.676. The van der Waals surface area contributed by atoms with Gasteiger partial charge in [-0.05, 0) is 57.0 Å². The fraction of sp³-hybridized carbons (Fsp3) is 0.500. The van der Waals surface area contributed by atoms with Crippen LogP contribution in [-0.4, -0.2) is 70.3 Å². The second-order valence-corrected chi connectivity index (χ2v) is 8.94. The number of imide groups is 1. The number of nitrogens with zero attached hydrogens (tertiary/aromatic N) is 6. The number of likely N-dealkylation sites (tertiary alicyclic amines) is 1. The fourth-order valence-electron chi connectivity index (χ4n) is 5.01. The van der Waals surface area contributed by atoms with Gasteiger partial charge in [0, 0.05) is 20.1 Å². The van der Waals surface area contributed by atoms with Gasteiger partial charge in [0.05, 0.1) is 0 Å². The number of carbonyl (C=O) groups is 2. The largest absolute Gasteiger partial charge is 0.406 e. The number of likely N-dealkylation sites (N-methyl/N-ethyl adjacent to an activating group) is 1. The molecule has 0 radical (unpaired) electrons. The Kier molecular flexibility index (Phi) is 5.33. The van der Waals surface area contributed by atoms with E-state index in [4.69, 9.17) is 4.99 Å². The van der Waals surface area contributed by atoms with Crippen LogP contribution in [-0.2, 0) is 11.2 Å². The quantitative estimate of drug-likeness (QED) is 0.678. The van der Waals surface area contributed by atoms with Gasteiger partial charge in [0.2, 0.25) is 11.9 Å². The molecule has 32 heavy (non-hydrogen) atoms. The van der Waals surface area contributed by atoms with Gasteiger partial charge in [-0.25, -0.2) is 9.36 Å². The molecule has 3 amide bonds. The highest BCUT2D eigenvalue weighted by Gasteiger charge is 2.53. The average Bonchev–Trinajstić information content (AvgIpc) is 3.33. The van der Waals surface area contributed by atoms with Crippen molar-refractivity contribution in [2.75, 3.05) is 33.2 Å². The Morgan fingerprint density at radius 1 is 1.06 bits per heavy atom. The van der Waals surface area contributed by atoms with E-state index in [1.807, 2.05) is 17.7 Å². The molecule has 0 bridgehead atoms. The highest BCUT2D eigenvalue weighted by Crippen LogP contribution is 2.31. The lowest BCUT2D eigenvalue weighted by Gasteiger charge is -2.35. The van der Waals surface area contributed by atoms with Crippen molar-refractivity contribution < 1.29 is 14.2 Å². The first kappa shape index (κ1) is 20.9. The minimum Gasteiger partial charge on any atom is -0.302 e. The summed E-state index contributed by atoms with van der Waals surface area (Å²) in [6, 6.07) is 7.51. The van der Waals surface area contributed by atoms with Crippen LogP contribution in [0.1, 0.15) is 43.5 Å². The minimum absolute atomic E-state index is 0.189. The molecule has 8 heteroatoms. The topological polar surface area (TPSA) is 65.0 Å². The molecular weight excluding hydrogens is 404 g/mol. The third-order valence-electron chi connectivity index (χ3n) is 6.90. The number of rotatable bonds is 5. The molecule has 2 fully saturated rings. The number of hydrogen-bond acceptors (Lipinski definition) is 4. The van der Waals surface area contributed by atoms with Gasteiger partial charge in [0.15, 0.2) is 0 Å². The number of hydrogen-bond donors (Lipinski definition) is 0. The molecule has 8 nitrogen and oxygen atoms in total. The summed E-state index contributed by atoms with van der Waals surface area (Å²) in [7, 11) is 1.72. The first-order valence-electron chi connectivity index (χ1n) is 11.6. The van der Waals surface area contributed by atoms with Crippen molar-refractivity contribution in [1.29, 1.82) is 0 Å². The smallest absolute Gasteiger partial charge is 0.302 e. The van der Waals surface area contributed by atoms with Crippen LogP contribution in [0, 0.1) is 6.92 Å². The first-order chi connectivity index (χ1) is 15.5. The summed E-state index contributed by atoms with van der Waals surface area (Å²) in [5, 5.41) is 0. The number of amides is 3. The van der Waals surface area contributed by atoms with E-state index in [-0.39, 0.29) is 11.9 Å². The normalized spacial score (nSPS) is 21.1. The van der Waals surface area contributed by atoms with Gasteiger partial charge in [-0.15, -0.1) is 0 Å². The Balaban J connectivity index is 1.45. The molecule has 3 aliphatic heterocycles. The van der Waals surface area contributed by atoms with Crippen LogP contribution in [0.15, 0.2) is 35.5 Å². The molecule has 4 heterocycles. The average molecular weight is 436 g/mol. The molecule has 2 saturated heterocycles. The van der Waals surface area contributed by atoms with Crippen LogP contribution in [0.3, 0.4) is 0 Å². The maximum absolute atomic E-state index is 13.5. The lowest BCUT2D eigenvalue weighted by atomic mass is 10.1. The molecule has 0 N–H and O–H groups in total. The zero-order chi connectivity index (χ0) is 22.4. The van der Waals surface area contributed by atoms with E-state index >= 15 is 0 Å². The Labute approximate surface area is 188 Å². The molecular formula is C24H31N6O2+. The van der Waals surface area contributed by atoms with Crippen LogP contribution >= 0.6 is 0 Å². The summed E-state index contributed by atoms with van der Waals surface area (Å²) < 4.78 is 3.96. The Morgan fingerprint density at radius 3 is 2.47 bits per heavy atom. The summed E-state index contributed by atoms with van der Waals surface area (Å²) in [6.07, 6.45) is 6.59. The molecule has 1 unspecified atom stereocenters. The molecule has 0 saturated carbocycles. The summed E-state index contributed by atoms with van der Waals surface area (Å²) in [5.41, 5.74) is 3.27. The van der Waals surface area contributed by atoms with Gasteiger partial charge in [-0.1, -0.05) is 30.5 Å². The van der Waals surface area contributed by atoms with E-state index in [1.165, 1.54) is 34.6 Å². The van der Waals surface area contributed by atoms with Gasteiger partial charge in [0.25, 0.3) is 5.91 Å². The van der Waals surface area contributed by atoms with Crippen molar-refractivity contribution in [3.63, 3.8) is 0 Å². The number of imidazole rings is 1. The molecule has 2 aromatic rings. The van der Waals surface area contributed by atoms with Crippen molar-refractivity contribution in [3.05, 3.63) is 41.7 Å². The maximum Gasteiger partial charge on any atom is 0.406 e. The van der Waals surface area contributed by atoms with Crippen LogP contribution < -0.4 is 4.57 Å². The number of piperidine rings is 1. The molecule has 1 aromatic carbocycles. The predicted octanol–water partition coefficient (Wildman–Crippen LogP) is 2.60. The number of aromatic nitrogens is 2. The van der Waals surface area contributed by atoms with Gasteiger partial charge in [-0.3, -0.25) is 14.6 Å². The van der Waals surface area contributed by atoms with E-state index in [9.17, 15) is 9.59 Å². The highest BCUT2D eigenvalue weighted by atomic mass is 16.2. The number of aliphatic imine (C=N–C) groups is 1. The molecule has 1 atom stereocenters.